The standard InChI is InChI=1S/C17H25N3O3/c1-3-23-17(22)19-18-13(2)14-7-8-16(21)15(11-14)12-20-9-5-4-6-10-20/h7-8,11,21H,3-6,9-10,12H2,1-2H3,(H,19,22)/b18-13+. The van der Waals surface area contributed by atoms with Crippen molar-refractivity contribution in [2.45, 2.75) is 39.7 Å². The maximum Gasteiger partial charge on any atom is 0.427 e. The number of piperidine rings is 1. The molecule has 0 unspecified atom stereocenters. The lowest BCUT2D eigenvalue weighted by molar-refractivity contribution is 0.152. The quantitative estimate of drug-likeness (QED) is 0.646. The van der Waals surface area contributed by atoms with Crippen LogP contribution in [0, 0.1) is 0 Å². The second kappa shape index (κ2) is 8.53. The van der Waals surface area contributed by atoms with Crippen LogP contribution in [0.2, 0.25) is 0 Å². The molecule has 1 fully saturated rings. The van der Waals surface area contributed by atoms with E-state index in [1.807, 2.05) is 13.0 Å². The number of benzene rings is 1. The van der Waals surface area contributed by atoms with Crippen molar-refractivity contribution in [2.75, 3.05) is 19.7 Å². The van der Waals surface area contributed by atoms with E-state index in [9.17, 15) is 9.90 Å². The molecular weight excluding hydrogens is 294 g/mol. The van der Waals surface area contributed by atoms with E-state index in [4.69, 9.17) is 4.74 Å². The van der Waals surface area contributed by atoms with Crippen molar-refractivity contribution in [2.24, 2.45) is 5.10 Å². The molecule has 0 saturated carbocycles. The largest absolute Gasteiger partial charge is 0.508 e. The fourth-order valence-electron chi connectivity index (χ4n) is 2.65. The van der Waals surface area contributed by atoms with E-state index in [0.717, 1.165) is 30.8 Å². The van der Waals surface area contributed by atoms with Crippen LogP contribution in [0.3, 0.4) is 0 Å². The van der Waals surface area contributed by atoms with Crippen molar-refractivity contribution < 1.29 is 14.6 Å². The highest BCUT2D eigenvalue weighted by Crippen LogP contribution is 2.22. The Hall–Kier alpha value is -2.08. The number of likely N-dealkylation sites (tertiary alicyclic amines) is 1. The van der Waals surface area contributed by atoms with Gasteiger partial charge in [0.1, 0.15) is 5.75 Å². The number of hydrogen-bond donors (Lipinski definition) is 2. The smallest absolute Gasteiger partial charge is 0.427 e. The molecule has 0 spiro atoms. The van der Waals surface area contributed by atoms with Crippen molar-refractivity contribution in [1.29, 1.82) is 0 Å². The third-order valence-electron chi connectivity index (χ3n) is 3.93. The van der Waals surface area contributed by atoms with E-state index in [-0.39, 0.29) is 0 Å². The summed E-state index contributed by atoms with van der Waals surface area (Å²) in [7, 11) is 0. The highest BCUT2D eigenvalue weighted by atomic mass is 16.5. The fourth-order valence-corrected chi connectivity index (χ4v) is 2.65. The van der Waals surface area contributed by atoms with Crippen LogP contribution in [-0.2, 0) is 11.3 Å². The number of phenolic OH excluding ortho intramolecular Hbond substituents is 1. The van der Waals surface area contributed by atoms with Gasteiger partial charge < -0.3 is 9.84 Å². The summed E-state index contributed by atoms with van der Waals surface area (Å²) in [6.45, 7) is 6.73. The number of rotatable bonds is 5. The summed E-state index contributed by atoms with van der Waals surface area (Å²) >= 11 is 0. The lowest BCUT2D eigenvalue weighted by atomic mass is 10.0. The molecule has 0 aromatic heterocycles. The number of hydrazone groups is 1. The molecule has 0 atom stereocenters. The van der Waals surface area contributed by atoms with Crippen LogP contribution in [0.1, 0.15) is 44.2 Å². The third kappa shape index (κ3) is 5.25. The average molecular weight is 319 g/mol. The molecule has 1 heterocycles. The summed E-state index contributed by atoms with van der Waals surface area (Å²) in [5, 5.41) is 14.1. The number of amides is 1. The summed E-state index contributed by atoms with van der Waals surface area (Å²) in [5.41, 5.74) is 4.77. The fraction of sp³-hybridized carbons (Fsp3) is 0.529. The molecule has 1 aliphatic rings. The van der Waals surface area contributed by atoms with Gasteiger partial charge in [-0.1, -0.05) is 6.42 Å². The number of phenols is 1. The zero-order valence-corrected chi connectivity index (χ0v) is 13.8. The van der Waals surface area contributed by atoms with Crippen LogP contribution in [0.25, 0.3) is 0 Å². The molecule has 2 N–H and O–H groups in total. The maximum atomic E-state index is 11.3. The number of carbonyl (C=O) groups is 1. The first-order chi connectivity index (χ1) is 11.1. The Labute approximate surface area is 137 Å². The van der Waals surface area contributed by atoms with Crippen LogP contribution in [0.15, 0.2) is 23.3 Å². The first kappa shape index (κ1) is 17.3. The highest BCUT2D eigenvalue weighted by molar-refractivity contribution is 5.99. The van der Waals surface area contributed by atoms with E-state index >= 15 is 0 Å². The van der Waals surface area contributed by atoms with Gasteiger partial charge in [-0.2, -0.15) is 5.10 Å². The van der Waals surface area contributed by atoms with Gasteiger partial charge in [0, 0.05) is 12.1 Å². The predicted octanol–water partition coefficient (Wildman–Crippen LogP) is 2.85. The number of aromatic hydroxyl groups is 1. The molecule has 1 aromatic rings. The van der Waals surface area contributed by atoms with Gasteiger partial charge in [-0.25, -0.2) is 10.2 Å². The van der Waals surface area contributed by atoms with Gasteiger partial charge in [0.25, 0.3) is 0 Å². The van der Waals surface area contributed by atoms with E-state index in [0.29, 0.717) is 18.1 Å². The van der Waals surface area contributed by atoms with Gasteiger partial charge in [0.15, 0.2) is 0 Å². The SMILES string of the molecule is CCOC(=O)N/N=C(\C)c1ccc(O)c(CN2CCCCC2)c1. The molecule has 0 aliphatic carbocycles. The third-order valence-corrected chi connectivity index (χ3v) is 3.93. The predicted molar refractivity (Wildman–Crippen MR) is 89.6 cm³/mol. The molecule has 23 heavy (non-hydrogen) atoms. The normalized spacial score (nSPS) is 16.2. The maximum absolute atomic E-state index is 11.3. The van der Waals surface area contributed by atoms with Gasteiger partial charge in [0.05, 0.1) is 12.3 Å². The number of ether oxygens (including phenoxy) is 1. The van der Waals surface area contributed by atoms with Crippen LogP contribution >= 0.6 is 0 Å². The van der Waals surface area contributed by atoms with Gasteiger partial charge in [0.2, 0.25) is 0 Å². The molecule has 1 aliphatic heterocycles. The average Bonchev–Trinajstić information content (AvgIpc) is 2.56. The minimum atomic E-state index is -0.570. The molecule has 6 heteroatoms. The summed E-state index contributed by atoms with van der Waals surface area (Å²) in [6, 6.07) is 5.40. The second-order valence-corrected chi connectivity index (χ2v) is 5.71. The van der Waals surface area contributed by atoms with E-state index in [2.05, 4.69) is 15.4 Å². The summed E-state index contributed by atoms with van der Waals surface area (Å²) < 4.78 is 4.77. The Kier molecular flexibility index (Phi) is 6.40. The van der Waals surface area contributed by atoms with Gasteiger partial charge >= 0.3 is 6.09 Å². The molecule has 1 aromatic carbocycles. The van der Waals surface area contributed by atoms with Crippen molar-refractivity contribution >= 4 is 11.8 Å². The first-order valence-electron chi connectivity index (χ1n) is 8.12. The second-order valence-electron chi connectivity index (χ2n) is 5.71. The van der Waals surface area contributed by atoms with Crippen molar-refractivity contribution in [3.63, 3.8) is 0 Å². The Morgan fingerprint density at radius 3 is 2.78 bits per heavy atom. The van der Waals surface area contributed by atoms with Gasteiger partial charge in [-0.3, -0.25) is 4.90 Å². The molecule has 0 radical (unpaired) electrons. The minimum absolute atomic E-state index is 0.297. The number of carbonyl (C=O) groups excluding carboxylic acids is 1. The van der Waals surface area contributed by atoms with Crippen molar-refractivity contribution in [3.05, 3.63) is 29.3 Å². The van der Waals surface area contributed by atoms with Crippen LogP contribution in [-0.4, -0.2) is 41.5 Å². The molecule has 126 valence electrons. The van der Waals surface area contributed by atoms with Gasteiger partial charge in [-0.15, -0.1) is 0 Å². The number of hydrogen-bond acceptors (Lipinski definition) is 5. The number of nitrogens with zero attached hydrogens (tertiary/aromatic N) is 2. The van der Waals surface area contributed by atoms with Crippen LogP contribution in [0.4, 0.5) is 4.79 Å². The van der Waals surface area contributed by atoms with E-state index in [1.165, 1.54) is 19.3 Å². The topological polar surface area (TPSA) is 74.2 Å². The zero-order chi connectivity index (χ0) is 16.7. The molecule has 2 rings (SSSR count). The monoisotopic (exact) mass is 319 g/mol. The number of nitrogens with one attached hydrogen (secondary N) is 1. The Morgan fingerprint density at radius 1 is 1.35 bits per heavy atom. The van der Waals surface area contributed by atoms with Gasteiger partial charge in [-0.05, 0) is 63.5 Å². The first-order valence-corrected chi connectivity index (χ1v) is 8.12. The summed E-state index contributed by atoms with van der Waals surface area (Å²) in [6.07, 6.45) is 3.14. The van der Waals surface area contributed by atoms with Crippen molar-refractivity contribution in [3.8, 4) is 5.75 Å². The van der Waals surface area contributed by atoms with Crippen molar-refractivity contribution in [1.82, 2.24) is 10.3 Å². The molecule has 1 saturated heterocycles. The van der Waals surface area contributed by atoms with Crippen LogP contribution < -0.4 is 5.43 Å². The zero-order valence-electron chi connectivity index (χ0n) is 13.8. The Bertz CT molecular complexity index is 566. The minimum Gasteiger partial charge on any atom is -0.508 e. The molecule has 0 bridgehead atoms. The lowest BCUT2D eigenvalue weighted by Gasteiger charge is -2.26. The summed E-state index contributed by atoms with van der Waals surface area (Å²) in [4.78, 5) is 13.6. The molecule has 6 nitrogen and oxygen atoms in total. The highest BCUT2D eigenvalue weighted by Gasteiger charge is 2.13. The molecular formula is C17H25N3O3. The Morgan fingerprint density at radius 2 is 2.09 bits per heavy atom. The van der Waals surface area contributed by atoms with E-state index in [1.54, 1.807) is 19.1 Å². The summed E-state index contributed by atoms with van der Waals surface area (Å²) in [5.74, 6) is 0.297. The lowest BCUT2D eigenvalue weighted by Crippen LogP contribution is -2.29. The van der Waals surface area contributed by atoms with E-state index < -0.39 is 6.09 Å². The molecule has 1 amide bonds. The van der Waals surface area contributed by atoms with Crippen LogP contribution in [0.5, 0.6) is 5.75 Å². The Balaban J connectivity index is 2.06.